The second-order valence-electron chi connectivity index (χ2n) is 4.74. The second-order valence-corrected chi connectivity index (χ2v) is 4.74. The highest BCUT2D eigenvalue weighted by molar-refractivity contribution is 5.75. The van der Waals surface area contributed by atoms with Gasteiger partial charge in [0.1, 0.15) is 0 Å². The smallest absolute Gasteiger partial charge is 0.0111 e. The summed E-state index contributed by atoms with van der Waals surface area (Å²) in [7, 11) is 0. The van der Waals surface area contributed by atoms with Crippen LogP contribution >= 0.6 is 0 Å². The fourth-order valence-electron chi connectivity index (χ4n) is 2.25. The van der Waals surface area contributed by atoms with Crippen LogP contribution in [0.15, 0.2) is 49.0 Å². The number of hydrogen-bond donors (Lipinski definition) is 0. The maximum absolute atomic E-state index is 3.91. The van der Waals surface area contributed by atoms with Crippen molar-refractivity contribution < 1.29 is 0 Å². The van der Waals surface area contributed by atoms with Crippen LogP contribution in [-0.4, -0.2) is 0 Å². The van der Waals surface area contributed by atoms with Gasteiger partial charge in [-0.1, -0.05) is 74.0 Å². The van der Waals surface area contributed by atoms with Crippen LogP contribution in [0.25, 0.3) is 17.2 Å². The molecule has 0 N–H and O–H groups in total. The lowest BCUT2D eigenvalue weighted by atomic mass is 9.96. The zero-order valence-electron chi connectivity index (χ0n) is 11.2. The summed E-state index contributed by atoms with van der Waals surface area (Å²) >= 11 is 0. The van der Waals surface area contributed by atoms with Gasteiger partial charge in [0.25, 0.3) is 0 Å². The maximum Gasteiger partial charge on any atom is -0.0111 e. The molecule has 18 heavy (non-hydrogen) atoms. The van der Waals surface area contributed by atoms with Crippen molar-refractivity contribution in [3.8, 4) is 11.1 Å². The third-order valence-electron chi connectivity index (χ3n) is 3.23. The molecule has 0 radical (unpaired) electrons. The topological polar surface area (TPSA) is 0 Å². The minimum absolute atomic E-state index is 1.16. The van der Waals surface area contributed by atoms with Crippen LogP contribution in [0, 0.1) is 6.92 Å². The molecule has 0 heteroatoms. The SMILES string of the molecule is C=Cc1cc(C)ccc1-c1ccc(CCC)cc1. The zero-order valence-corrected chi connectivity index (χ0v) is 11.2. The third-order valence-corrected chi connectivity index (χ3v) is 3.23. The Morgan fingerprint density at radius 1 is 1.06 bits per heavy atom. The van der Waals surface area contributed by atoms with Crippen LogP contribution in [0.3, 0.4) is 0 Å². The fourth-order valence-corrected chi connectivity index (χ4v) is 2.25. The van der Waals surface area contributed by atoms with Crippen LogP contribution in [-0.2, 0) is 6.42 Å². The zero-order chi connectivity index (χ0) is 13.0. The standard InChI is InChI=1S/C18H20/c1-4-6-15-8-10-17(11-9-15)18-12-7-14(3)13-16(18)5-2/h5,7-13H,2,4,6H2,1,3H3. The van der Waals surface area contributed by atoms with Crippen LogP contribution < -0.4 is 0 Å². The van der Waals surface area contributed by atoms with E-state index in [1.807, 2.05) is 6.08 Å². The van der Waals surface area contributed by atoms with Gasteiger partial charge in [-0.15, -0.1) is 0 Å². The number of rotatable bonds is 4. The Kier molecular flexibility index (Phi) is 3.99. The van der Waals surface area contributed by atoms with Crippen molar-refractivity contribution in [1.29, 1.82) is 0 Å². The van der Waals surface area contributed by atoms with Crippen LogP contribution in [0.1, 0.15) is 30.0 Å². The van der Waals surface area contributed by atoms with E-state index in [1.165, 1.54) is 34.2 Å². The van der Waals surface area contributed by atoms with Gasteiger partial charge in [-0.05, 0) is 35.6 Å². The van der Waals surface area contributed by atoms with E-state index in [9.17, 15) is 0 Å². The molecule has 2 aromatic rings. The summed E-state index contributed by atoms with van der Waals surface area (Å²) < 4.78 is 0. The van der Waals surface area contributed by atoms with E-state index in [4.69, 9.17) is 0 Å². The molecule has 0 nitrogen and oxygen atoms in total. The van der Waals surface area contributed by atoms with Gasteiger partial charge in [0.15, 0.2) is 0 Å². The molecular weight excluding hydrogens is 216 g/mol. The molecule has 0 atom stereocenters. The minimum Gasteiger partial charge on any atom is -0.0984 e. The molecule has 2 rings (SSSR count). The van der Waals surface area contributed by atoms with Crippen LogP contribution in [0.5, 0.6) is 0 Å². The van der Waals surface area contributed by atoms with Gasteiger partial charge in [-0.2, -0.15) is 0 Å². The van der Waals surface area contributed by atoms with E-state index in [1.54, 1.807) is 0 Å². The van der Waals surface area contributed by atoms with Crippen molar-refractivity contribution in [2.45, 2.75) is 26.7 Å². The average Bonchev–Trinajstić information content (AvgIpc) is 2.40. The van der Waals surface area contributed by atoms with E-state index in [0.29, 0.717) is 0 Å². The monoisotopic (exact) mass is 236 g/mol. The summed E-state index contributed by atoms with van der Waals surface area (Å²) in [6.07, 6.45) is 4.28. The van der Waals surface area contributed by atoms with Gasteiger partial charge in [-0.25, -0.2) is 0 Å². The van der Waals surface area contributed by atoms with Crippen molar-refractivity contribution in [3.05, 3.63) is 65.7 Å². The summed E-state index contributed by atoms with van der Waals surface area (Å²) in [6.45, 7) is 8.23. The predicted octanol–water partition coefficient (Wildman–Crippen LogP) is 5.26. The molecule has 0 amide bonds. The van der Waals surface area contributed by atoms with Crippen molar-refractivity contribution in [2.75, 3.05) is 0 Å². The molecule has 2 aromatic carbocycles. The molecule has 0 unspecified atom stereocenters. The Labute approximate surface area is 110 Å². The lowest BCUT2D eigenvalue weighted by molar-refractivity contribution is 0.922. The summed E-state index contributed by atoms with van der Waals surface area (Å²) in [5.41, 5.74) is 6.42. The van der Waals surface area contributed by atoms with Crippen LogP contribution in [0.4, 0.5) is 0 Å². The van der Waals surface area contributed by atoms with Crippen molar-refractivity contribution in [2.24, 2.45) is 0 Å². The minimum atomic E-state index is 1.16. The highest BCUT2D eigenvalue weighted by atomic mass is 14.1. The number of hydrogen-bond acceptors (Lipinski definition) is 0. The molecular formula is C18H20. The summed E-state index contributed by atoms with van der Waals surface area (Å²) in [5.74, 6) is 0. The third kappa shape index (κ3) is 2.70. The Morgan fingerprint density at radius 3 is 2.39 bits per heavy atom. The first kappa shape index (κ1) is 12.6. The van der Waals surface area contributed by atoms with Gasteiger partial charge in [0, 0.05) is 0 Å². The summed E-state index contributed by atoms with van der Waals surface area (Å²) in [5, 5.41) is 0. The average molecular weight is 236 g/mol. The normalized spacial score (nSPS) is 10.3. The highest BCUT2D eigenvalue weighted by Gasteiger charge is 2.03. The molecule has 0 bridgehead atoms. The Hall–Kier alpha value is -1.82. The molecule has 0 aromatic heterocycles. The summed E-state index contributed by atoms with van der Waals surface area (Å²) in [6, 6.07) is 15.4. The Balaban J connectivity index is 2.39. The van der Waals surface area contributed by atoms with Crippen LogP contribution in [0.2, 0.25) is 0 Å². The van der Waals surface area contributed by atoms with E-state index >= 15 is 0 Å². The predicted molar refractivity (Wildman–Crippen MR) is 80.7 cm³/mol. The molecule has 0 aliphatic carbocycles. The quantitative estimate of drug-likeness (QED) is 0.679. The maximum atomic E-state index is 3.91. The molecule has 0 aliphatic heterocycles. The van der Waals surface area contributed by atoms with Gasteiger partial charge in [0.2, 0.25) is 0 Å². The number of benzene rings is 2. The van der Waals surface area contributed by atoms with E-state index in [2.05, 4.69) is 62.9 Å². The molecule has 0 aliphatic rings. The first-order chi connectivity index (χ1) is 8.74. The van der Waals surface area contributed by atoms with Crippen molar-refractivity contribution >= 4 is 6.08 Å². The van der Waals surface area contributed by atoms with E-state index < -0.39 is 0 Å². The first-order valence-electron chi connectivity index (χ1n) is 6.57. The van der Waals surface area contributed by atoms with E-state index in [-0.39, 0.29) is 0 Å². The Morgan fingerprint density at radius 2 is 1.78 bits per heavy atom. The number of aryl methyl sites for hydroxylation is 2. The van der Waals surface area contributed by atoms with Gasteiger partial charge >= 0.3 is 0 Å². The molecule has 0 saturated carbocycles. The lowest BCUT2D eigenvalue weighted by Gasteiger charge is -2.08. The Bertz CT molecular complexity index is 532. The highest BCUT2D eigenvalue weighted by Crippen LogP contribution is 2.26. The molecule has 0 saturated heterocycles. The van der Waals surface area contributed by atoms with Gasteiger partial charge in [0.05, 0.1) is 0 Å². The molecule has 0 heterocycles. The fraction of sp³-hybridized carbons (Fsp3) is 0.222. The van der Waals surface area contributed by atoms with Crippen molar-refractivity contribution in [1.82, 2.24) is 0 Å². The first-order valence-corrected chi connectivity index (χ1v) is 6.57. The summed E-state index contributed by atoms with van der Waals surface area (Å²) in [4.78, 5) is 0. The molecule has 92 valence electrons. The van der Waals surface area contributed by atoms with Gasteiger partial charge in [-0.3, -0.25) is 0 Å². The second kappa shape index (κ2) is 5.68. The van der Waals surface area contributed by atoms with Crippen molar-refractivity contribution in [3.63, 3.8) is 0 Å². The largest absolute Gasteiger partial charge is 0.0984 e. The lowest BCUT2D eigenvalue weighted by Crippen LogP contribution is -1.87. The molecule has 0 spiro atoms. The van der Waals surface area contributed by atoms with E-state index in [0.717, 1.165) is 6.42 Å². The van der Waals surface area contributed by atoms with Gasteiger partial charge < -0.3 is 0 Å². The molecule has 0 fully saturated rings.